The van der Waals surface area contributed by atoms with Crippen molar-refractivity contribution >= 4 is 23.5 Å². The second-order valence-corrected chi connectivity index (χ2v) is 4.31. The third-order valence-corrected chi connectivity index (χ3v) is 3.04. The van der Waals surface area contributed by atoms with Crippen LogP contribution in [0.1, 0.15) is 12.5 Å². The van der Waals surface area contributed by atoms with E-state index in [1.165, 1.54) is 12.0 Å². The number of amides is 1. The van der Waals surface area contributed by atoms with Crippen LogP contribution in [0.25, 0.3) is 0 Å². The summed E-state index contributed by atoms with van der Waals surface area (Å²) in [5, 5.41) is 9.17. The Bertz CT molecular complexity index is 476. The van der Waals surface area contributed by atoms with Crippen molar-refractivity contribution in [3.05, 3.63) is 28.8 Å². The third kappa shape index (κ3) is 4.13. The molecular weight excluding hydrogens is 270 g/mol. The molecule has 0 saturated carbocycles. The van der Waals surface area contributed by atoms with Gasteiger partial charge >= 0.3 is 5.97 Å². The first-order chi connectivity index (χ1) is 8.99. The molecule has 1 aromatic rings. The number of benzene rings is 1. The van der Waals surface area contributed by atoms with E-state index in [2.05, 4.69) is 0 Å². The number of rotatable bonds is 6. The Kier molecular flexibility index (Phi) is 5.63. The molecule has 0 aliphatic heterocycles. The molecule has 1 rings (SSSR count). The van der Waals surface area contributed by atoms with Crippen LogP contribution < -0.4 is 4.74 Å². The van der Waals surface area contributed by atoms with E-state index in [1.807, 2.05) is 0 Å². The highest BCUT2D eigenvalue weighted by Crippen LogP contribution is 2.27. The van der Waals surface area contributed by atoms with Crippen LogP contribution >= 0.6 is 11.6 Å². The Labute approximate surface area is 116 Å². The third-order valence-electron chi connectivity index (χ3n) is 2.68. The van der Waals surface area contributed by atoms with Crippen LogP contribution in [0.2, 0.25) is 5.02 Å². The van der Waals surface area contributed by atoms with Crippen LogP contribution in [-0.2, 0) is 16.0 Å². The zero-order chi connectivity index (χ0) is 14.4. The highest BCUT2D eigenvalue weighted by atomic mass is 35.5. The summed E-state index contributed by atoms with van der Waals surface area (Å²) in [5.41, 5.74) is 0.570. The fourth-order valence-electron chi connectivity index (χ4n) is 1.70. The summed E-state index contributed by atoms with van der Waals surface area (Å²) in [5.74, 6) is -0.815. The zero-order valence-electron chi connectivity index (χ0n) is 10.9. The number of likely N-dealkylation sites (N-methyl/N-ethyl adjacent to an activating group) is 1. The summed E-state index contributed by atoms with van der Waals surface area (Å²) < 4.78 is 5.15. The maximum Gasteiger partial charge on any atom is 0.323 e. The highest BCUT2D eigenvalue weighted by Gasteiger charge is 2.18. The second-order valence-electron chi connectivity index (χ2n) is 3.90. The SMILES string of the molecule is CCN(CC(=O)O)C(=O)Cc1c(Cl)cccc1OC. The van der Waals surface area contributed by atoms with Crippen LogP contribution in [0.3, 0.4) is 0 Å². The molecule has 0 spiro atoms. The Morgan fingerprint density at radius 1 is 1.42 bits per heavy atom. The van der Waals surface area contributed by atoms with Gasteiger partial charge in [-0.1, -0.05) is 17.7 Å². The van der Waals surface area contributed by atoms with Gasteiger partial charge in [0.25, 0.3) is 0 Å². The van der Waals surface area contributed by atoms with Crippen LogP contribution in [0.4, 0.5) is 0 Å². The number of methoxy groups -OCH3 is 1. The van der Waals surface area contributed by atoms with Gasteiger partial charge < -0.3 is 14.7 Å². The summed E-state index contributed by atoms with van der Waals surface area (Å²) in [6.07, 6.45) is 0.0178. The standard InChI is InChI=1S/C13H16ClNO4/c1-3-15(8-13(17)18)12(16)7-9-10(14)5-4-6-11(9)19-2/h4-6H,3,7-8H2,1-2H3,(H,17,18). The van der Waals surface area contributed by atoms with Crippen molar-refractivity contribution < 1.29 is 19.4 Å². The van der Waals surface area contributed by atoms with Crippen molar-refractivity contribution in [2.75, 3.05) is 20.2 Å². The number of aliphatic carboxylic acids is 1. The fourth-order valence-corrected chi connectivity index (χ4v) is 1.94. The molecule has 19 heavy (non-hydrogen) atoms. The maximum atomic E-state index is 12.0. The number of hydrogen-bond donors (Lipinski definition) is 1. The van der Waals surface area contributed by atoms with Crippen molar-refractivity contribution in [3.8, 4) is 5.75 Å². The first kappa shape index (κ1) is 15.3. The van der Waals surface area contributed by atoms with Crippen LogP contribution in [0, 0.1) is 0 Å². The lowest BCUT2D eigenvalue weighted by molar-refractivity contribution is -0.144. The van der Waals surface area contributed by atoms with E-state index in [4.69, 9.17) is 21.4 Å². The zero-order valence-corrected chi connectivity index (χ0v) is 11.6. The predicted molar refractivity (Wildman–Crippen MR) is 71.6 cm³/mol. The maximum absolute atomic E-state index is 12.0. The van der Waals surface area contributed by atoms with Crippen molar-refractivity contribution in [1.82, 2.24) is 4.90 Å². The van der Waals surface area contributed by atoms with Gasteiger partial charge in [-0.15, -0.1) is 0 Å². The van der Waals surface area contributed by atoms with Crippen molar-refractivity contribution in [2.24, 2.45) is 0 Å². The van der Waals surface area contributed by atoms with Gasteiger partial charge in [0.1, 0.15) is 12.3 Å². The molecule has 0 bridgehead atoms. The van der Waals surface area contributed by atoms with E-state index < -0.39 is 5.97 Å². The Hall–Kier alpha value is -1.75. The number of ether oxygens (including phenoxy) is 1. The number of nitrogens with zero attached hydrogens (tertiary/aromatic N) is 1. The van der Waals surface area contributed by atoms with Gasteiger partial charge in [-0.2, -0.15) is 0 Å². The topological polar surface area (TPSA) is 66.8 Å². The fraction of sp³-hybridized carbons (Fsp3) is 0.385. The van der Waals surface area contributed by atoms with Gasteiger partial charge in [0.05, 0.1) is 13.5 Å². The molecule has 0 heterocycles. The molecule has 0 aliphatic carbocycles. The first-order valence-electron chi connectivity index (χ1n) is 5.80. The molecule has 6 heteroatoms. The summed E-state index contributed by atoms with van der Waals surface area (Å²) in [6, 6.07) is 5.10. The predicted octanol–water partition coefficient (Wildman–Crippen LogP) is 1.82. The minimum Gasteiger partial charge on any atom is -0.496 e. The normalized spacial score (nSPS) is 10.1. The van der Waals surface area contributed by atoms with E-state index in [1.54, 1.807) is 25.1 Å². The lowest BCUT2D eigenvalue weighted by atomic mass is 10.1. The lowest BCUT2D eigenvalue weighted by Gasteiger charge is -2.19. The molecule has 0 aliphatic rings. The number of halogens is 1. The van der Waals surface area contributed by atoms with Gasteiger partial charge in [0.15, 0.2) is 0 Å². The van der Waals surface area contributed by atoms with Crippen LogP contribution in [0.5, 0.6) is 5.75 Å². The summed E-state index contributed by atoms with van der Waals surface area (Å²) >= 11 is 6.04. The largest absolute Gasteiger partial charge is 0.496 e. The first-order valence-corrected chi connectivity index (χ1v) is 6.18. The Morgan fingerprint density at radius 2 is 2.11 bits per heavy atom. The van der Waals surface area contributed by atoms with Gasteiger partial charge in [-0.25, -0.2) is 0 Å². The van der Waals surface area contributed by atoms with Crippen molar-refractivity contribution in [3.63, 3.8) is 0 Å². The smallest absolute Gasteiger partial charge is 0.323 e. The quantitative estimate of drug-likeness (QED) is 0.866. The van der Waals surface area contributed by atoms with Crippen molar-refractivity contribution in [1.29, 1.82) is 0 Å². The van der Waals surface area contributed by atoms with Gasteiger partial charge in [-0.3, -0.25) is 9.59 Å². The average molecular weight is 286 g/mol. The molecule has 0 aromatic heterocycles. The van der Waals surface area contributed by atoms with Gasteiger partial charge in [0.2, 0.25) is 5.91 Å². The number of carbonyl (C=O) groups is 2. The van der Waals surface area contributed by atoms with E-state index in [9.17, 15) is 9.59 Å². The highest BCUT2D eigenvalue weighted by molar-refractivity contribution is 6.31. The Balaban J connectivity index is 2.89. The molecule has 0 fully saturated rings. The van der Waals surface area contributed by atoms with E-state index in [-0.39, 0.29) is 18.9 Å². The molecule has 0 atom stereocenters. The minimum atomic E-state index is -1.04. The van der Waals surface area contributed by atoms with E-state index in [0.717, 1.165) is 0 Å². The summed E-state index contributed by atoms with van der Waals surface area (Å²) in [6.45, 7) is 1.74. The number of hydrogen-bond acceptors (Lipinski definition) is 3. The summed E-state index contributed by atoms with van der Waals surface area (Å²) in [4.78, 5) is 24.0. The van der Waals surface area contributed by atoms with Gasteiger partial charge in [0, 0.05) is 17.1 Å². The summed E-state index contributed by atoms with van der Waals surface area (Å²) in [7, 11) is 1.49. The number of carboxylic acid groups (broad SMARTS) is 1. The number of carboxylic acids is 1. The molecule has 0 unspecified atom stereocenters. The monoisotopic (exact) mass is 285 g/mol. The van der Waals surface area contributed by atoms with Crippen LogP contribution in [-0.4, -0.2) is 42.1 Å². The lowest BCUT2D eigenvalue weighted by Crippen LogP contribution is -2.36. The van der Waals surface area contributed by atoms with E-state index >= 15 is 0 Å². The Morgan fingerprint density at radius 3 is 2.63 bits per heavy atom. The molecule has 0 radical (unpaired) electrons. The molecule has 0 saturated heterocycles. The second kappa shape index (κ2) is 6.99. The van der Waals surface area contributed by atoms with Gasteiger partial charge in [-0.05, 0) is 19.1 Å². The van der Waals surface area contributed by atoms with Crippen molar-refractivity contribution in [2.45, 2.75) is 13.3 Å². The average Bonchev–Trinajstić information content (AvgIpc) is 2.37. The minimum absolute atomic E-state index is 0.0178. The molecule has 104 valence electrons. The van der Waals surface area contributed by atoms with E-state index in [0.29, 0.717) is 22.9 Å². The molecular formula is C13H16ClNO4. The molecule has 1 N–H and O–H groups in total. The molecule has 1 aromatic carbocycles. The molecule has 5 nitrogen and oxygen atoms in total. The number of carbonyl (C=O) groups excluding carboxylic acids is 1. The van der Waals surface area contributed by atoms with Crippen LogP contribution in [0.15, 0.2) is 18.2 Å². The molecule has 1 amide bonds.